The second kappa shape index (κ2) is 6.66. The van der Waals surface area contributed by atoms with Crippen molar-refractivity contribution in [3.05, 3.63) is 35.6 Å². The van der Waals surface area contributed by atoms with Gasteiger partial charge < -0.3 is 10.2 Å². The first-order chi connectivity index (χ1) is 9.16. The van der Waals surface area contributed by atoms with Crippen LogP contribution < -0.4 is 5.32 Å². The lowest BCUT2D eigenvalue weighted by Crippen LogP contribution is -2.38. The van der Waals surface area contributed by atoms with E-state index < -0.39 is 0 Å². The summed E-state index contributed by atoms with van der Waals surface area (Å²) in [5.41, 5.74) is 1.01. The molecule has 0 aromatic heterocycles. The highest BCUT2D eigenvalue weighted by Gasteiger charge is 2.21. The van der Waals surface area contributed by atoms with E-state index in [1.54, 1.807) is 12.1 Å². The molecule has 2 rings (SSSR count). The lowest BCUT2D eigenvalue weighted by molar-refractivity contribution is -0.134. The van der Waals surface area contributed by atoms with Gasteiger partial charge in [0.25, 0.3) is 0 Å². The molecule has 1 unspecified atom stereocenters. The number of benzene rings is 1. The Labute approximate surface area is 113 Å². The number of carbonyl (C=O) groups excluding carboxylic acids is 1. The monoisotopic (exact) mass is 264 g/mol. The van der Waals surface area contributed by atoms with E-state index in [4.69, 9.17) is 0 Å². The second-order valence-electron chi connectivity index (χ2n) is 5.16. The summed E-state index contributed by atoms with van der Waals surface area (Å²) in [6, 6.07) is 6.40. The number of hydrogen-bond donors (Lipinski definition) is 1. The van der Waals surface area contributed by atoms with Gasteiger partial charge in [-0.1, -0.05) is 19.1 Å². The van der Waals surface area contributed by atoms with Gasteiger partial charge in [0.05, 0.1) is 0 Å². The molecule has 0 aliphatic carbocycles. The second-order valence-corrected chi connectivity index (χ2v) is 5.16. The fourth-order valence-electron chi connectivity index (χ4n) is 2.44. The molecule has 1 atom stereocenters. The van der Waals surface area contributed by atoms with E-state index in [9.17, 15) is 9.18 Å². The molecule has 1 amide bonds. The summed E-state index contributed by atoms with van der Waals surface area (Å²) in [7, 11) is 0. The Morgan fingerprint density at radius 2 is 2.05 bits per heavy atom. The lowest BCUT2D eigenvalue weighted by atomic mass is 9.99. The van der Waals surface area contributed by atoms with E-state index in [0.717, 1.165) is 38.2 Å². The maximum Gasteiger partial charge on any atom is 0.225 e. The van der Waals surface area contributed by atoms with E-state index in [0.29, 0.717) is 6.42 Å². The Morgan fingerprint density at radius 3 is 2.79 bits per heavy atom. The van der Waals surface area contributed by atoms with Gasteiger partial charge in [-0.05, 0) is 37.1 Å². The van der Waals surface area contributed by atoms with Crippen LogP contribution in [0.3, 0.4) is 0 Å². The number of halogens is 1. The Kier molecular flexibility index (Phi) is 4.91. The van der Waals surface area contributed by atoms with Crippen molar-refractivity contribution in [2.45, 2.75) is 19.8 Å². The van der Waals surface area contributed by atoms with Crippen molar-refractivity contribution in [2.24, 2.45) is 5.92 Å². The minimum absolute atomic E-state index is 0.0523. The standard InChI is InChI=1S/C15H21FN2O/c1-12(11-13-3-5-14(16)6-4-13)15(19)18-9-2-7-17-8-10-18/h3-6,12,17H,2,7-11H2,1H3. The zero-order valence-corrected chi connectivity index (χ0v) is 11.4. The van der Waals surface area contributed by atoms with Crippen molar-refractivity contribution in [1.29, 1.82) is 0 Å². The molecule has 4 heteroatoms. The van der Waals surface area contributed by atoms with Crippen molar-refractivity contribution in [3.63, 3.8) is 0 Å². The van der Waals surface area contributed by atoms with Crippen LogP contribution in [0.15, 0.2) is 24.3 Å². The van der Waals surface area contributed by atoms with Gasteiger partial charge in [-0.3, -0.25) is 4.79 Å². The van der Waals surface area contributed by atoms with Gasteiger partial charge in [-0.15, -0.1) is 0 Å². The summed E-state index contributed by atoms with van der Waals surface area (Å²) >= 11 is 0. The first kappa shape index (κ1) is 14.0. The van der Waals surface area contributed by atoms with Gasteiger partial charge in [0, 0.05) is 25.6 Å². The fourth-order valence-corrected chi connectivity index (χ4v) is 2.44. The molecule has 104 valence electrons. The molecule has 1 aromatic carbocycles. The van der Waals surface area contributed by atoms with Crippen LogP contribution in [0.5, 0.6) is 0 Å². The van der Waals surface area contributed by atoms with Crippen LogP contribution in [0.2, 0.25) is 0 Å². The van der Waals surface area contributed by atoms with Crippen molar-refractivity contribution in [3.8, 4) is 0 Å². The van der Waals surface area contributed by atoms with E-state index in [1.807, 2.05) is 11.8 Å². The van der Waals surface area contributed by atoms with E-state index in [2.05, 4.69) is 5.32 Å². The number of amides is 1. The van der Waals surface area contributed by atoms with Crippen LogP contribution in [0.4, 0.5) is 4.39 Å². The molecule has 3 nitrogen and oxygen atoms in total. The molecule has 0 saturated carbocycles. The highest BCUT2D eigenvalue weighted by Crippen LogP contribution is 2.13. The molecule has 1 aliphatic rings. The molecule has 0 spiro atoms. The van der Waals surface area contributed by atoms with Crippen molar-refractivity contribution in [1.82, 2.24) is 10.2 Å². The molecular weight excluding hydrogens is 243 g/mol. The number of rotatable bonds is 3. The molecular formula is C15H21FN2O. The zero-order chi connectivity index (χ0) is 13.7. The molecule has 19 heavy (non-hydrogen) atoms. The van der Waals surface area contributed by atoms with Crippen LogP contribution >= 0.6 is 0 Å². The Morgan fingerprint density at radius 1 is 1.32 bits per heavy atom. The van der Waals surface area contributed by atoms with Gasteiger partial charge in [-0.2, -0.15) is 0 Å². The molecule has 1 aromatic rings. The fraction of sp³-hybridized carbons (Fsp3) is 0.533. The van der Waals surface area contributed by atoms with Gasteiger partial charge >= 0.3 is 0 Å². The molecule has 0 radical (unpaired) electrons. The lowest BCUT2D eigenvalue weighted by Gasteiger charge is -2.24. The predicted molar refractivity (Wildman–Crippen MR) is 73.3 cm³/mol. The number of carbonyl (C=O) groups is 1. The summed E-state index contributed by atoms with van der Waals surface area (Å²) in [6.07, 6.45) is 1.68. The third-order valence-electron chi connectivity index (χ3n) is 3.53. The average Bonchev–Trinajstić information content (AvgIpc) is 2.69. The van der Waals surface area contributed by atoms with Crippen molar-refractivity contribution < 1.29 is 9.18 Å². The predicted octanol–water partition coefficient (Wildman–Crippen LogP) is 1.83. The largest absolute Gasteiger partial charge is 0.341 e. The molecule has 1 fully saturated rings. The Balaban J connectivity index is 1.92. The number of nitrogens with one attached hydrogen (secondary N) is 1. The summed E-state index contributed by atoms with van der Waals surface area (Å²) < 4.78 is 12.8. The molecule has 1 heterocycles. The maximum atomic E-state index is 12.8. The van der Waals surface area contributed by atoms with Crippen molar-refractivity contribution >= 4 is 5.91 Å². The van der Waals surface area contributed by atoms with Gasteiger partial charge in [0.2, 0.25) is 5.91 Å². The third kappa shape index (κ3) is 4.03. The van der Waals surface area contributed by atoms with E-state index >= 15 is 0 Å². The number of hydrogen-bond acceptors (Lipinski definition) is 2. The quantitative estimate of drug-likeness (QED) is 0.903. The SMILES string of the molecule is CC(Cc1ccc(F)cc1)C(=O)N1CCCNCC1. The first-order valence-electron chi connectivity index (χ1n) is 6.91. The molecule has 1 saturated heterocycles. The topological polar surface area (TPSA) is 32.3 Å². The molecule has 1 N–H and O–H groups in total. The van der Waals surface area contributed by atoms with E-state index in [-0.39, 0.29) is 17.6 Å². The Hall–Kier alpha value is -1.42. The first-order valence-corrected chi connectivity index (χ1v) is 6.91. The highest BCUT2D eigenvalue weighted by atomic mass is 19.1. The smallest absolute Gasteiger partial charge is 0.225 e. The van der Waals surface area contributed by atoms with Crippen LogP contribution in [0, 0.1) is 11.7 Å². The number of nitrogens with zero attached hydrogens (tertiary/aromatic N) is 1. The molecule has 1 aliphatic heterocycles. The minimum Gasteiger partial charge on any atom is -0.341 e. The van der Waals surface area contributed by atoms with Crippen LogP contribution in [0.1, 0.15) is 18.9 Å². The highest BCUT2D eigenvalue weighted by molar-refractivity contribution is 5.78. The summed E-state index contributed by atoms with van der Waals surface area (Å²) in [6.45, 7) is 5.42. The van der Waals surface area contributed by atoms with Crippen LogP contribution in [-0.4, -0.2) is 37.0 Å². The molecule has 0 bridgehead atoms. The minimum atomic E-state index is -0.235. The van der Waals surface area contributed by atoms with Gasteiger partial charge in [0.1, 0.15) is 5.82 Å². The van der Waals surface area contributed by atoms with Gasteiger partial charge in [-0.25, -0.2) is 4.39 Å². The van der Waals surface area contributed by atoms with Crippen LogP contribution in [0.25, 0.3) is 0 Å². The van der Waals surface area contributed by atoms with Gasteiger partial charge in [0.15, 0.2) is 0 Å². The van der Waals surface area contributed by atoms with E-state index in [1.165, 1.54) is 12.1 Å². The Bertz CT molecular complexity index is 411. The summed E-state index contributed by atoms with van der Waals surface area (Å²) in [4.78, 5) is 14.3. The maximum absolute atomic E-state index is 12.8. The third-order valence-corrected chi connectivity index (χ3v) is 3.53. The average molecular weight is 264 g/mol. The zero-order valence-electron chi connectivity index (χ0n) is 11.4. The van der Waals surface area contributed by atoms with Crippen LogP contribution in [-0.2, 0) is 11.2 Å². The summed E-state index contributed by atoms with van der Waals surface area (Å²) in [5.74, 6) is -0.0853. The van der Waals surface area contributed by atoms with Crippen molar-refractivity contribution in [2.75, 3.05) is 26.2 Å². The normalized spacial score (nSPS) is 17.9. The summed E-state index contributed by atoms with van der Waals surface area (Å²) in [5, 5.41) is 3.29.